The number of hydrogen-bond donors (Lipinski definition) is 1. The van der Waals surface area contributed by atoms with Crippen LogP contribution in [0.4, 0.5) is 31.9 Å². The lowest BCUT2D eigenvalue weighted by Gasteiger charge is -2.45. The average molecular weight is 424 g/mol. The molecule has 7 nitrogen and oxygen atoms in total. The molecule has 2 fully saturated rings. The number of halogens is 2. The summed E-state index contributed by atoms with van der Waals surface area (Å²) in [6.07, 6.45) is 1.30. The SMILES string of the molecule is CC(=O)Nc1cc2c(cn1)C1(CC1)CN2c1cc(C)cc(N2CC(C#N)(C(F)F)C2)n1. The van der Waals surface area contributed by atoms with Gasteiger partial charge in [-0.2, -0.15) is 5.26 Å². The predicted molar refractivity (Wildman–Crippen MR) is 112 cm³/mol. The molecule has 31 heavy (non-hydrogen) atoms. The number of pyridine rings is 2. The highest BCUT2D eigenvalue weighted by atomic mass is 19.3. The van der Waals surface area contributed by atoms with E-state index in [0.717, 1.165) is 42.0 Å². The number of aryl methyl sites for hydroxylation is 1. The Hall–Kier alpha value is -3.28. The molecule has 2 aliphatic heterocycles. The number of fused-ring (bicyclic) bond motifs is 2. The predicted octanol–water partition coefficient (Wildman–Crippen LogP) is 3.52. The van der Waals surface area contributed by atoms with Gasteiger partial charge in [0.15, 0.2) is 5.41 Å². The highest BCUT2D eigenvalue weighted by molar-refractivity contribution is 5.89. The lowest BCUT2D eigenvalue weighted by Crippen LogP contribution is -2.59. The van der Waals surface area contributed by atoms with E-state index in [1.165, 1.54) is 6.92 Å². The third kappa shape index (κ3) is 3.09. The highest BCUT2D eigenvalue weighted by Gasteiger charge is 2.53. The summed E-state index contributed by atoms with van der Waals surface area (Å²) in [6, 6.07) is 7.48. The largest absolute Gasteiger partial charge is 0.353 e. The topological polar surface area (TPSA) is 85.2 Å². The monoisotopic (exact) mass is 424 g/mol. The van der Waals surface area contributed by atoms with Gasteiger partial charge >= 0.3 is 0 Å². The van der Waals surface area contributed by atoms with Crippen molar-refractivity contribution in [3.05, 3.63) is 35.5 Å². The third-order valence-electron chi connectivity index (χ3n) is 6.49. The minimum atomic E-state index is -2.68. The molecule has 9 heteroatoms. The molecule has 1 aliphatic carbocycles. The molecule has 160 valence electrons. The third-order valence-corrected chi connectivity index (χ3v) is 6.49. The molecule has 2 aromatic heterocycles. The number of alkyl halides is 2. The van der Waals surface area contributed by atoms with E-state index in [0.29, 0.717) is 11.6 Å². The number of nitrogens with zero attached hydrogens (tertiary/aromatic N) is 5. The van der Waals surface area contributed by atoms with Crippen molar-refractivity contribution < 1.29 is 13.6 Å². The summed E-state index contributed by atoms with van der Waals surface area (Å²) in [4.78, 5) is 24.5. The van der Waals surface area contributed by atoms with E-state index >= 15 is 0 Å². The first-order valence-electron chi connectivity index (χ1n) is 10.2. The fourth-order valence-electron chi connectivity index (χ4n) is 4.57. The van der Waals surface area contributed by atoms with Crippen LogP contribution in [0.1, 0.15) is 30.9 Å². The van der Waals surface area contributed by atoms with Crippen molar-refractivity contribution in [3.63, 3.8) is 0 Å². The number of amides is 1. The molecule has 1 N–H and O–H groups in total. The van der Waals surface area contributed by atoms with Crippen LogP contribution in [0, 0.1) is 23.7 Å². The van der Waals surface area contributed by atoms with E-state index in [2.05, 4.69) is 15.2 Å². The van der Waals surface area contributed by atoms with Crippen molar-refractivity contribution in [3.8, 4) is 6.07 Å². The Morgan fingerprint density at radius 2 is 1.94 bits per heavy atom. The van der Waals surface area contributed by atoms with Gasteiger partial charge in [-0.25, -0.2) is 18.7 Å². The molecule has 0 radical (unpaired) electrons. The molecular formula is C22H22F2N6O. The summed E-state index contributed by atoms with van der Waals surface area (Å²) >= 11 is 0. The first-order valence-corrected chi connectivity index (χ1v) is 10.2. The Balaban J connectivity index is 1.48. The second-order valence-electron chi connectivity index (χ2n) is 8.92. The van der Waals surface area contributed by atoms with Gasteiger partial charge in [-0.05, 0) is 37.5 Å². The van der Waals surface area contributed by atoms with Crippen molar-refractivity contribution in [1.82, 2.24) is 9.97 Å². The van der Waals surface area contributed by atoms with Gasteiger partial charge in [0, 0.05) is 49.8 Å². The minimum Gasteiger partial charge on any atom is -0.353 e. The smallest absolute Gasteiger partial charge is 0.260 e. The summed E-state index contributed by atoms with van der Waals surface area (Å²) in [5, 5.41) is 11.9. The van der Waals surface area contributed by atoms with E-state index < -0.39 is 11.8 Å². The standard InChI is InChI=1S/C22H22F2N6O/c1-13-5-18(29-10-22(9-25,11-29)20(23)24)28-19(6-13)30-12-21(3-4-21)15-8-26-17(7-16(15)30)27-14(2)31/h5-8,20H,3-4,10-12H2,1-2H3,(H,26,27,31). The molecule has 0 atom stereocenters. The van der Waals surface area contributed by atoms with Crippen molar-refractivity contribution in [1.29, 1.82) is 5.26 Å². The van der Waals surface area contributed by atoms with Gasteiger partial charge in [-0.1, -0.05) is 0 Å². The van der Waals surface area contributed by atoms with Crippen molar-refractivity contribution in [2.75, 3.05) is 34.8 Å². The summed E-state index contributed by atoms with van der Waals surface area (Å²) in [7, 11) is 0. The maximum absolute atomic E-state index is 13.3. The summed E-state index contributed by atoms with van der Waals surface area (Å²) < 4.78 is 26.6. The van der Waals surface area contributed by atoms with Crippen molar-refractivity contribution in [2.24, 2.45) is 5.41 Å². The van der Waals surface area contributed by atoms with Gasteiger partial charge in [0.05, 0.1) is 11.8 Å². The zero-order valence-electron chi connectivity index (χ0n) is 17.3. The van der Waals surface area contributed by atoms with Crippen LogP contribution in [-0.4, -0.2) is 41.9 Å². The molecule has 0 bridgehead atoms. The van der Waals surface area contributed by atoms with Crippen molar-refractivity contribution >= 4 is 29.0 Å². The number of carbonyl (C=O) groups excluding carboxylic acids is 1. The molecule has 1 saturated heterocycles. The highest BCUT2D eigenvalue weighted by Crippen LogP contribution is 2.58. The zero-order valence-corrected chi connectivity index (χ0v) is 17.3. The fourth-order valence-corrected chi connectivity index (χ4v) is 4.57. The number of aromatic nitrogens is 2. The molecule has 4 heterocycles. The molecule has 1 saturated carbocycles. The second kappa shape index (κ2) is 6.61. The Bertz CT molecular complexity index is 1120. The summed E-state index contributed by atoms with van der Waals surface area (Å²) in [5.41, 5.74) is 1.51. The second-order valence-corrected chi connectivity index (χ2v) is 8.92. The average Bonchev–Trinajstić information content (AvgIpc) is 3.37. The Morgan fingerprint density at radius 1 is 1.23 bits per heavy atom. The fraction of sp³-hybridized carbons (Fsp3) is 0.455. The van der Waals surface area contributed by atoms with E-state index in [1.54, 1.807) is 11.0 Å². The Morgan fingerprint density at radius 3 is 2.55 bits per heavy atom. The van der Waals surface area contributed by atoms with Crippen LogP contribution in [0.25, 0.3) is 0 Å². The molecule has 2 aromatic rings. The van der Waals surface area contributed by atoms with Crippen LogP contribution >= 0.6 is 0 Å². The zero-order chi connectivity index (χ0) is 22.0. The van der Waals surface area contributed by atoms with E-state index in [4.69, 9.17) is 4.98 Å². The number of carbonyl (C=O) groups is 1. The quantitative estimate of drug-likeness (QED) is 0.808. The molecular weight excluding hydrogens is 402 g/mol. The van der Waals surface area contributed by atoms with Crippen LogP contribution in [-0.2, 0) is 10.2 Å². The first-order chi connectivity index (χ1) is 14.7. The van der Waals surface area contributed by atoms with Gasteiger partial charge in [-0.3, -0.25) is 4.79 Å². The molecule has 3 aliphatic rings. The number of nitrogens with one attached hydrogen (secondary N) is 1. The summed E-state index contributed by atoms with van der Waals surface area (Å²) in [5.74, 6) is 1.62. The molecule has 1 amide bonds. The van der Waals surface area contributed by atoms with Gasteiger partial charge in [0.2, 0.25) is 5.91 Å². The maximum atomic E-state index is 13.3. The number of rotatable bonds is 4. The molecule has 1 spiro atoms. The van der Waals surface area contributed by atoms with Crippen LogP contribution < -0.4 is 15.1 Å². The van der Waals surface area contributed by atoms with E-state index in [-0.39, 0.29) is 24.4 Å². The normalized spacial score (nSPS) is 19.7. The van der Waals surface area contributed by atoms with Crippen LogP contribution in [0.15, 0.2) is 24.4 Å². The Kier molecular flexibility index (Phi) is 4.19. The lowest BCUT2D eigenvalue weighted by molar-refractivity contribution is -0.114. The van der Waals surface area contributed by atoms with Crippen LogP contribution in [0.5, 0.6) is 0 Å². The maximum Gasteiger partial charge on any atom is 0.260 e. The number of nitriles is 1. The van der Waals surface area contributed by atoms with Gasteiger partial charge in [-0.15, -0.1) is 0 Å². The van der Waals surface area contributed by atoms with Crippen LogP contribution in [0.3, 0.4) is 0 Å². The number of hydrogen-bond acceptors (Lipinski definition) is 6. The van der Waals surface area contributed by atoms with Gasteiger partial charge < -0.3 is 15.1 Å². The lowest BCUT2D eigenvalue weighted by atomic mass is 9.81. The Labute approximate surface area is 178 Å². The number of anilines is 4. The molecule has 5 rings (SSSR count). The van der Waals surface area contributed by atoms with Gasteiger partial charge in [0.1, 0.15) is 17.5 Å². The van der Waals surface area contributed by atoms with Crippen molar-refractivity contribution in [2.45, 2.75) is 38.5 Å². The molecule has 0 aromatic carbocycles. The first kappa shape index (κ1) is 19.7. The molecule has 0 unspecified atom stereocenters. The van der Waals surface area contributed by atoms with Gasteiger partial charge in [0.25, 0.3) is 6.43 Å². The summed E-state index contributed by atoms with van der Waals surface area (Å²) in [6.45, 7) is 4.08. The van der Waals surface area contributed by atoms with E-state index in [1.807, 2.05) is 31.3 Å². The van der Waals surface area contributed by atoms with E-state index in [9.17, 15) is 18.8 Å². The van der Waals surface area contributed by atoms with Crippen LogP contribution in [0.2, 0.25) is 0 Å². The minimum absolute atomic E-state index is 0.0335.